The van der Waals surface area contributed by atoms with E-state index in [9.17, 15) is 0 Å². The van der Waals surface area contributed by atoms with Gasteiger partial charge in [-0.2, -0.15) is 0 Å². The van der Waals surface area contributed by atoms with Crippen LogP contribution in [0.1, 0.15) is 24.9 Å². The van der Waals surface area contributed by atoms with Crippen molar-refractivity contribution >= 4 is 23.2 Å². The van der Waals surface area contributed by atoms with Crippen LogP contribution >= 0.6 is 23.2 Å². The predicted molar refractivity (Wildman–Crippen MR) is 58.6 cm³/mol. The second-order valence-electron chi connectivity index (χ2n) is 2.95. The third kappa shape index (κ3) is 2.87. The van der Waals surface area contributed by atoms with Crippen molar-refractivity contribution in [2.24, 2.45) is 0 Å². The number of hydrogen-bond acceptors (Lipinski definition) is 1. The summed E-state index contributed by atoms with van der Waals surface area (Å²) in [4.78, 5) is 0. The number of benzene rings is 1. The highest BCUT2D eigenvalue weighted by Crippen LogP contribution is 2.24. The molecule has 0 spiro atoms. The average molecular weight is 218 g/mol. The molecule has 72 valence electrons. The molecule has 0 aromatic heterocycles. The van der Waals surface area contributed by atoms with E-state index in [1.54, 1.807) is 6.07 Å². The minimum absolute atomic E-state index is 0.330. The first-order valence-electron chi connectivity index (χ1n) is 4.30. The maximum atomic E-state index is 5.90. The molecule has 0 saturated carbocycles. The number of rotatable bonds is 3. The summed E-state index contributed by atoms with van der Waals surface area (Å²) in [5.74, 6) is 0. The Labute approximate surface area is 89.0 Å². The maximum Gasteiger partial charge on any atom is 0.0424 e. The lowest BCUT2D eigenvalue weighted by Gasteiger charge is -2.14. The zero-order valence-corrected chi connectivity index (χ0v) is 9.28. The van der Waals surface area contributed by atoms with Gasteiger partial charge in [-0.25, -0.2) is 0 Å². The Morgan fingerprint density at radius 3 is 2.15 bits per heavy atom. The summed E-state index contributed by atoms with van der Waals surface area (Å²) in [6, 6.07) is 5.96. The number of halogens is 2. The van der Waals surface area contributed by atoms with E-state index in [2.05, 4.69) is 12.2 Å². The quantitative estimate of drug-likeness (QED) is 0.816. The van der Waals surface area contributed by atoms with Crippen LogP contribution in [0.25, 0.3) is 0 Å². The number of nitrogens with one attached hydrogen (secondary N) is 1. The molecule has 1 atom stereocenters. The number of hydrogen-bond donors (Lipinski definition) is 1. The molecule has 1 aromatic rings. The third-order valence-corrected chi connectivity index (χ3v) is 2.48. The summed E-state index contributed by atoms with van der Waals surface area (Å²) in [6.07, 6.45) is 1.02. The molecule has 0 bridgehead atoms. The fourth-order valence-electron chi connectivity index (χ4n) is 1.38. The van der Waals surface area contributed by atoms with Crippen molar-refractivity contribution in [1.29, 1.82) is 0 Å². The zero-order chi connectivity index (χ0) is 9.84. The standard InChI is InChI=1S/C10H13Cl2N/c1-3-10(13-2)7-4-8(11)6-9(12)5-7/h4-6,10,13H,3H2,1-2H3. The molecule has 3 heteroatoms. The topological polar surface area (TPSA) is 12.0 Å². The third-order valence-electron chi connectivity index (χ3n) is 2.04. The van der Waals surface area contributed by atoms with Gasteiger partial charge < -0.3 is 5.32 Å². The van der Waals surface area contributed by atoms with E-state index < -0.39 is 0 Å². The second-order valence-corrected chi connectivity index (χ2v) is 3.83. The molecule has 0 heterocycles. The lowest BCUT2D eigenvalue weighted by molar-refractivity contribution is 0.577. The first kappa shape index (κ1) is 10.8. The van der Waals surface area contributed by atoms with Crippen molar-refractivity contribution in [3.8, 4) is 0 Å². The lowest BCUT2D eigenvalue weighted by atomic mass is 10.1. The molecule has 0 radical (unpaired) electrons. The molecular weight excluding hydrogens is 205 g/mol. The van der Waals surface area contributed by atoms with E-state index in [1.165, 1.54) is 0 Å². The highest BCUT2D eigenvalue weighted by atomic mass is 35.5. The smallest absolute Gasteiger partial charge is 0.0424 e. The fourth-order valence-corrected chi connectivity index (χ4v) is 1.93. The van der Waals surface area contributed by atoms with Crippen molar-refractivity contribution < 1.29 is 0 Å². The van der Waals surface area contributed by atoms with E-state index in [1.807, 2.05) is 19.2 Å². The Bertz CT molecular complexity index is 262. The molecule has 1 aromatic carbocycles. The predicted octanol–water partition coefficient (Wildman–Crippen LogP) is 3.66. The van der Waals surface area contributed by atoms with Crippen LogP contribution in [0, 0.1) is 0 Å². The Morgan fingerprint density at radius 1 is 1.23 bits per heavy atom. The molecule has 1 N–H and O–H groups in total. The Morgan fingerprint density at radius 2 is 1.77 bits per heavy atom. The fraction of sp³-hybridized carbons (Fsp3) is 0.400. The van der Waals surface area contributed by atoms with Crippen LogP contribution in [-0.2, 0) is 0 Å². The van der Waals surface area contributed by atoms with Gasteiger partial charge in [-0.3, -0.25) is 0 Å². The average Bonchev–Trinajstić information content (AvgIpc) is 2.04. The first-order chi connectivity index (χ1) is 6.17. The molecule has 13 heavy (non-hydrogen) atoms. The van der Waals surface area contributed by atoms with Crippen LogP contribution in [-0.4, -0.2) is 7.05 Å². The van der Waals surface area contributed by atoms with Gasteiger partial charge in [-0.05, 0) is 37.2 Å². The minimum atomic E-state index is 0.330. The van der Waals surface area contributed by atoms with E-state index in [-0.39, 0.29) is 0 Å². The van der Waals surface area contributed by atoms with Gasteiger partial charge in [0.25, 0.3) is 0 Å². The molecule has 0 aliphatic carbocycles. The van der Waals surface area contributed by atoms with Crippen molar-refractivity contribution in [1.82, 2.24) is 5.32 Å². The molecule has 0 fully saturated rings. The van der Waals surface area contributed by atoms with Gasteiger partial charge in [0.15, 0.2) is 0 Å². The summed E-state index contributed by atoms with van der Waals surface area (Å²) < 4.78 is 0. The van der Waals surface area contributed by atoms with Crippen molar-refractivity contribution in [3.63, 3.8) is 0 Å². The molecule has 1 rings (SSSR count). The van der Waals surface area contributed by atoms with Gasteiger partial charge in [0.05, 0.1) is 0 Å². The Kier molecular flexibility index (Phi) is 4.04. The van der Waals surface area contributed by atoms with Gasteiger partial charge in [0, 0.05) is 16.1 Å². The monoisotopic (exact) mass is 217 g/mol. The molecule has 0 aliphatic rings. The van der Waals surface area contributed by atoms with Crippen LogP contribution < -0.4 is 5.32 Å². The van der Waals surface area contributed by atoms with Crippen molar-refractivity contribution in [2.75, 3.05) is 7.05 Å². The minimum Gasteiger partial charge on any atom is -0.313 e. The van der Waals surface area contributed by atoms with Crippen LogP contribution in [0.3, 0.4) is 0 Å². The zero-order valence-electron chi connectivity index (χ0n) is 7.77. The molecule has 0 aliphatic heterocycles. The Hall–Kier alpha value is -0.240. The van der Waals surface area contributed by atoms with Crippen LogP contribution in [0.4, 0.5) is 0 Å². The van der Waals surface area contributed by atoms with Crippen LogP contribution in [0.2, 0.25) is 10.0 Å². The van der Waals surface area contributed by atoms with Gasteiger partial charge in [-0.15, -0.1) is 0 Å². The highest BCUT2D eigenvalue weighted by Gasteiger charge is 2.07. The molecular formula is C10H13Cl2N. The van der Waals surface area contributed by atoms with E-state index in [4.69, 9.17) is 23.2 Å². The normalized spacial score (nSPS) is 12.9. The molecule has 1 unspecified atom stereocenters. The van der Waals surface area contributed by atoms with Gasteiger partial charge in [0.2, 0.25) is 0 Å². The maximum absolute atomic E-state index is 5.90. The second kappa shape index (κ2) is 4.85. The highest BCUT2D eigenvalue weighted by molar-refractivity contribution is 6.34. The van der Waals surface area contributed by atoms with Gasteiger partial charge in [0.1, 0.15) is 0 Å². The van der Waals surface area contributed by atoms with Crippen molar-refractivity contribution in [3.05, 3.63) is 33.8 Å². The molecule has 0 saturated heterocycles. The largest absolute Gasteiger partial charge is 0.313 e. The lowest BCUT2D eigenvalue weighted by Crippen LogP contribution is -2.15. The molecule has 0 amide bonds. The summed E-state index contributed by atoms with van der Waals surface area (Å²) in [7, 11) is 1.93. The van der Waals surface area contributed by atoms with E-state index >= 15 is 0 Å². The van der Waals surface area contributed by atoms with Gasteiger partial charge in [-0.1, -0.05) is 30.1 Å². The first-order valence-corrected chi connectivity index (χ1v) is 5.06. The SMILES string of the molecule is CCC(NC)c1cc(Cl)cc(Cl)c1. The molecule has 1 nitrogen and oxygen atoms in total. The van der Waals surface area contributed by atoms with Crippen LogP contribution in [0.15, 0.2) is 18.2 Å². The van der Waals surface area contributed by atoms with Crippen LogP contribution in [0.5, 0.6) is 0 Å². The summed E-state index contributed by atoms with van der Waals surface area (Å²) >= 11 is 11.8. The summed E-state index contributed by atoms with van der Waals surface area (Å²) in [6.45, 7) is 2.12. The summed E-state index contributed by atoms with van der Waals surface area (Å²) in [5, 5.41) is 4.59. The summed E-state index contributed by atoms with van der Waals surface area (Å²) in [5.41, 5.74) is 1.14. The van der Waals surface area contributed by atoms with E-state index in [0.717, 1.165) is 12.0 Å². The van der Waals surface area contributed by atoms with Crippen molar-refractivity contribution in [2.45, 2.75) is 19.4 Å². The Balaban J connectivity index is 2.99. The van der Waals surface area contributed by atoms with E-state index in [0.29, 0.717) is 16.1 Å². The van der Waals surface area contributed by atoms with Gasteiger partial charge >= 0.3 is 0 Å².